The molecule has 0 spiro atoms. The first-order valence-electron chi connectivity index (χ1n) is 8.36. The van der Waals surface area contributed by atoms with Crippen LogP contribution in [0.5, 0.6) is 0 Å². The van der Waals surface area contributed by atoms with Crippen LogP contribution in [0, 0.1) is 11.8 Å². The van der Waals surface area contributed by atoms with Crippen molar-refractivity contribution in [1.29, 1.82) is 0 Å². The van der Waals surface area contributed by atoms with Crippen molar-refractivity contribution in [2.45, 2.75) is 51.1 Å². The van der Waals surface area contributed by atoms with Crippen molar-refractivity contribution < 1.29 is 4.79 Å². The Kier molecular flexibility index (Phi) is 5.03. The molecule has 0 aromatic carbocycles. The molecule has 1 aliphatic heterocycles. The molecular formula is C16H25ClN4O. The molecule has 2 N–H and O–H groups in total. The van der Waals surface area contributed by atoms with E-state index in [1.54, 1.807) is 6.20 Å². The highest BCUT2D eigenvalue weighted by Crippen LogP contribution is 2.36. The zero-order chi connectivity index (χ0) is 15.5. The van der Waals surface area contributed by atoms with Crippen LogP contribution in [0.2, 0.25) is 5.28 Å². The zero-order valence-corrected chi connectivity index (χ0v) is 13.7. The van der Waals surface area contributed by atoms with Crippen LogP contribution in [-0.2, 0) is 11.3 Å². The van der Waals surface area contributed by atoms with Gasteiger partial charge in [0, 0.05) is 32.0 Å². The van der Waals surface area contributed by atoms with Crippen molar-refractivity contribution in [1.82, 2.24) is 14.5 Å². The first-order valence-corrected chi connectivity index (χ1v) is 8.74. The van der Waals surface area contributed by atoms with Gasteiger partial charge in [0.15, 0.2) is 0 Å². The van der Waals surface area contributed by atoms with E-state index in [-0.39, 0.29) is 5.91 Å². The maximum absolute atomic E-state index is 12.6. The van der Waals surface area contributed by atoms with Gasteiger partial charge >= 0.3 is 0 Å². The van der Waals surface area contributed by atoms with Crippen LogP contribution >= 0.6 is 11.6 Å². The number of carbonyl (C=O) groups excluding carboxylic acids is 1. The Morgan fingerprint density at radius 3 is 2.86 bits per heavy atom. The van der Waals surface area contributed by atoms with E-state index in [2.05, 4.69) is 4.98 Å². The first kappa shape index (κ1) is 15.8. The number of piperidine rings is 1. The summed E-state index contributed by atoms with van der Waals surface area (Å²) >= 11 is 5.94. The quantitative estimate of drug-likeness (QED) is 0.924. The summed E-state index contributed by atoms with van der Waals surface area (Å²) < 4.78 is 1.82. The molecule has 0 bridgehead atoms. The second kappa shape index (κ2) is 7.01. The molecule has 5 nitrogen and oxygen atoms in total. The molecule has 3 rings (SSSR count). The summed E-state index contributed by atoms with van der Waals surface area (Å²) in [7, 11) is 0. The SMILES string of the molecule is NC(CCn1ccnc1Cl)C(=O)N1CC[C@@H]2CCCC[C@@H]2C1. The van der Waals surface area contributed by atoms with Crippen LogP contribution in [0.4, 0.5) is 0 Å². The predicted octanol–water partition coefficient (Wildman–Crippen LogP) is 2.29. The van der Waals surface area contributed by atoms with Gasteiger partial charge in [0.25, 0.3) is 0 Å². The largest absolute Gasteiger partial charge is 0.341 e. The molecule has 2 heterocycles. The van der Waals surface area contributed by atoms with Gasteiger partial charge in [0.05, 0.1) is 6.04 Å². The molecule has 6 heteroatoms. The van der Waals surface area contributed by atoms with Crippen molar-refractivity contribution >= 4 is 17.5 Å². The normalized spacial score (nSPS) is 26.5. The lowest BCUT2D eigenvalue weighted by atomic mass is 9.75. The third-order valence-corrected chi connectivity index (χ3v) is 5.58. The smallest absolute Gasteiger partial charge is 0.239 e. The average Bonchev–Trinajstić information content (AvgIpc) is 2.96. The van der Waals surface area contributed by atoms with Crippen molar-refractivity contribution in [3.8, 4) is 0 Å². The first-order chi connectivity index (χ1) is 10.6. The Labute approximate surface area is 136 Å². The molecule has 1 aliphatic carbocycles. The zero-order valence-electron chi connectivity index (χ0n) is 13.0. The maximum Gasteiger partial charge on any atom is 0.239 e. The summed E-state index contributed by atoms with van der Waals surface area (Å²) in [6.07, 6.45) is 10.5. The van der Waals surface area contributed by atoms with E-state index < -0.39 is 6.04 Å². The molecule has 3 atom stereocenters. The Bertz CT molecular complexity index is 518. The fourth-order valence-corrected chi connectivity index (χ4v) is 4.11. The average molecular weight is 325 g/mol. The van der Waals surface area contributed by atoms with Gasteiger partial charge in [0.1, 0.15) is 0 Å². The van der Waals surface area contributed by atoms with E-state index in [1.807, 2.05) is 15.7 Å². The lowest BCUT2D eigenvalue weighted by Gasteiger charge is -2.42. The van der Waals surface area contributed by atoms with Gasteiger partial charge in [-0.25, -0.2) is 4.98 Å². The van der Waals surface area contributed by atoms with Crippen LogP contribution < -0.4 is 5.73 Å². The van der Waals surface area contributed by atoms with Gasteiger partial charge < -0.3 is 15.2 Å². The molecule has 1 amide bonds. The van der Waals surface area contributed by atoms with Gasteiger partial charge in [-0.2, -0.15) is 0 Å². The summed E-state index contributed by atoms with van der Waals surface area (Å²) in [5, 5.41) is 0.447. The molecule has 2 aliphatic rings. The molecule has 1 saturated heterocycles. The van der Waals surface area contributed by atoms with E-state index in [9.17, 15) is 4.79 Å². The predicted molar refractivity (Wildman–Crippen MR) is 86.5 cm³/mol. The monoisotopic (exact) mass is 324 g/mol. The second-order valence-corrected chi connectivity index (χ2v) is 7.00. The number of fused-ring (bicyclic) bond motifs is 1. The summed E-state index contributed by atoms with van der Waals surface area (Å²) in [6.45, 7) is 2.41. The van der Waals surface area contributed by atoms with Gasteiger partial charge in [0.2, 0.25) is 11.2 Å². The Hall–Kier alpha value is -1.07. The highest BCUT2D eigenvalue weighted by Gasteiger charge is 2.34. The Morgan fingerprint density at radius 2 is 2.14 bits per heavy atom. The topological polar surface area (TPSA) is 64.2 Å². The van der Waals surface area contributed by atoms with Gasteiger partial charge in [-0.15, -0.1) is 0 Å². The Balaban J connectivity index is 1.51. The lowest BCUT2D eigenvalue weighted by molar-refractivity contribution is -0.135. The highest BCUT2D eigenvalue weighted by molar-refractivity contribution is 6.28. The summed E-state index contributed by atoms with van der Waals surface area (Å²) in [5.74, 6) is 1.63. The molecule has 1 aromatic rings. The number of aromatic nitrogens is 2. The molecule has 1 unspecified atom stereocenters. The lowest BCUT2D eigenvalue weighted by Crippen LogP contribution is -2.50. The molecule has 122 valence electrons. The number of imidazole rings is 1. The highest BCUT2D eigenvalue weighted by atomic mass is 35.5. The van der Waals surface area contributed by atoms with E-state index in [4.69, 9.17) is 17.3 Å². The number of rotatable bonds is 4. The molecule has 1 aromatic heterocycles. The fraction of sp³-hybridized carbons (Fsp3) is 0.750. The number of amides is 1. The molecular weight excluding hydrogens is 300 g/mol. The minimum absolute atomic E-state index is 0.0975. The minimum Gasteiger partial charge on any atom is -0.341 e. The number of nitrogens with two attached hydrogens (primary N) is 1. The van der Waals surface area contributed by atoms with Crippen molar-refractivity contribution in [3.63, 3.8) is 0 Å². The number of carbonyl (C=O) groups is 1. The second-order valence-electron chi connectivity index (χ2n) is 6.66. The summed E-state index contributed by atoms with van der Waals surface area (Å²) in [4.78, 5) is 18.5. The van der Waals surface area contributed by atoms with E-state index in [0.29, 0.717) is 24.2 Å². The number of aryl methyl sites for hydroxylation is 1. The van der Waals surface area contributed by atoms with Gasteiger partial charge in [-0.05, 0) is 42.7 Å². The van der Waals surface area contributed by atoms with E-state index in [1.165, 1.54) is 25.7 Å². The number of likely N-dealkylation sites (tertiary alicyclic amines) is 1. The molecule has 2 fully saturated rings. The van der Waals surface area contributed by atoms with Crippen molar-refractivity contribution in [2.75, 3.05) is 13.1 Å². The van der Waals surface area contributed by atoms with Crippen LogP contribution in [0.1, 0.15) is 38.5 Å². The number of halogens is 1. The summed E-state index contributed by atoms with van der Waals surface area (Å²) in [6, 6.07) is -0.446. The molecule has 22 heavy (non-hydrogen) atoms. The molecule has 0 radical (unpaired) electrons. The van der Waals surface area contributed by atoms with Gasteiger partial charge in [-0.1, -0.05) is 19.3 Å². The third-order valence-electron chi connectivity index (χ3n) is 5.27. The maximum atomic E-state index is 12.6. The summed E-state index contributed by atoms with van der Waals surface area (Å²) in [5.41, 5.74) is 6.11. The minimum atomic E-state index is -0.446. The number of hydrogen-bond acceptors (Lipinski definition) is 3. The number of hydrogen-bond donors (Lipinski definition) is 1. The van der Waals surface area contributed by atoms with Crippen LogP contribution in [0.3, 0.4) is 0 Å². The fourth-order valence-electron chi connectivity index (χ4n) is 3.91. The molecule has 1 saturated carbocycles. The van der Waals surface area contributed by atoms with E-state index >= 15 is 0 Å². The Morgan fingerprint density at radius 1 is 1.36 bits per heavy atom. The van der Waals surface area contributed by atoms with Crippen LogP contribution in [0.15, 0.2) is 12.4 Å². The van der Waals surface area contributed by atoms with Crippen molar-refractivity contribution in [2.24, 2.45) is 17.6 Å². The number of nitrogens with zero attached hydrogens (tertiary/aromatic N) is 3. The van der Waals surface area contributed by atoms with E-state index in [0.717, 1.165) is 25.4 Å². The third kappa shape index (κ3) is 3.46. The van der Waals surface area contributed by atoms with Crippen LogP contribution in [-0.4, -0.2) is 39.5 Å². The van der Waals surface area contributed by atoms with Crippen LogP contribution in [0.25, 0.3) is 0 Å². The van der Waals surface area contributed by atoms with Gasteiger partial charge in [-0.3, -0.25) is 4.79 Å². The standard InChI is InChI=1S/C16H25ClN4O/c17-16-19-7-10-20(16)9-6-14(18)15(22)21-8-5-12-3-1-2-4-13(12)11-21/h7,10,12-14H,1-6,8-9,11,18H2/t12-,13+,14?/m0/s1. The van der Waals surface area contributed by atoms with Crippen molar-refractivity contribution in [3.05, 3.63) is 17.7 Å².